The molecule has 1 heterocycles. The lowest BCUT2D eigenvalue weighted by molar-refractivity contribution is -0.115. The van der Waals surface area contributed by atoms with Crippen LogP contribution in [-0.4, -0.2) is 26.5 Å². The van der Waals surface area contributed by atoms with Crippen molar-refractivity contribution in [3.63, 3.8) is 0 Å². The molecule has 172 valence electrons. The van der Waals surface area contributed by atoms with E-state index in [0.29, 0.717) is 27.3 Å². The number of carbonyl (C=O) groups is 2. The van der Waals surface area contributed by atoms with Crippen LogP contribution in [0, 0.1) is 13.8 Å². The molecule has 0 saturated carbocycles. The zero-order chi connectivity index (χ0) is 24.4. The maximum absolute atomic E-state index is 13.5. The summed E-state index contributed by atoms with van der Waals surface area (Å²) in [5.74, 6) is -0.260. The number of Topliss-reactive ketones (excluding diaryl/α,β-unsaturated/α-hetero) is 1. The van der Waals surface area contributed by atoms with E-state index in [1.165, 1.54) is 18.7 Å². The minimum atomic E-state index is -0.530. The number of aromatic nitrogens is 2. The molecule has 34 heavy (non-hydrogen) atoms. The molecular weight excluding hydrogens is 446 g/mol. The molecule has 1 aromatic heterocycles. The monoisotopic (exact) mass is 471 g/mol. The zero-order valence-corrected chi connectivity index (χ0v) is 20.3. The van der Waals surface area contributed by atoms with Crippen molar-refractivity contribution in [2.24, 2.45) is 0 Å². The number of rotatable bonds is 6. The van der Waals surface area contributed by atoms with E-state index in [9.17, 15) is 14.4 Å². The van der Waals surface area contributed by atoms with Crippen molar-refractivity contribution >= 4 is 40.0 Å². The van der Waals surface area contributed by atoms with Crippen molar-refractivity contribution < 1.29 is 9.59 Å². The molecule has 4 rings (SSSR count). The van der Waals surface area contributed by atoms with Crippen LogP contribution in [0.25, 0.3) is 16.6 Å². The largest absolute Gasteiger partial charge is 0.325 e. The van der Waals surface area contributed by atoms with Gasteiger partial charge in [-0.3, -0.25) is 19.0 Å². The molecule has 0 radical (unpaired) electrons. The van der Waals surface area contributed by atoms with Gasteiger partial charge in [0, 0.05) is 11.3 Å². The fourth-order valence-electron chi connectivity index (χ4n) is 3.70. The number of amides is 1. The number of hydrogen-bond acceptors (Lipinski definition) is 5. The molecule has 7 heteroatoms. The van der Waals surface area contributed by atoms with E-state index in [2.05, 4.69) is 5.32 Å². The molecule has 0 spiro atoms. The summed E-state index contributed by atoms with van der Waals surface area (Å²) < 4.78 is 1.59. The standard InChI is InChI=1S/C27H25N3O3S/c1-16-9-14-24(17(2)15-16)30-26(33)22-7-5-6-8-23(22)29-27(30)34-19(4)25(32)28-21-12-10-20(11-13-21)18(3)31/h5-15,19H,1-4H3,(H,28,32)/t19-/m0/s1. The SMILES string of the molecule is CC(=O)c1ccc(NC(=O)[C@H](C)Sc2nc3ccccc3c(=O)n2-c2ccc(C)cc2C)cc1. The van der Waals surface area contributed by atoms with Gasteiger partial charge in [0.25, 0.3) is 5.56 Å². The summed E-state index contributed by atoms with van der Waals surface area (Å²) in [4.78, 5) is 42.6. The molecule has 4 aromatic rings. The number of hydrogen-bond donors (Lipinski definition) is 1. The lowest BCUT2D eigenvalue weighted by Gasteiger charge is -2.18. The number of carbonyl (C=O) groups excluding carboxylic acids is 2. The van der Waals surface area contributed by atoms with Gasteiger partial charge in [0.15, 0.2) is 10.9 Å². The quantitative estimate of drug-likeness (QED) is 0.234. The van der Waals surface area contributed by atoms with Gasteiger partial charge in [-0.2, -0.15) is 0 Å². The number of nitrogens with zero attached hydrogens (tertiary/aromatic N) is 2. The van der Waals surface area contributed by atoms with E-state index < -0.39 is 5.25 Å². The Morgan fingerprint density at radius 1 is 1.00 bits per heavy atom. The minimum Gasteiger partial charge on any atom is -0.325 e. The highest BCUT2D eigenvalue weighted by Gasteiger charge is 2.21. The first kappa shape index (κ1) is 23.4. The van der Waals surface area contributed by atoms with Gasteiger partial charge in [-0.25, -0.2) is 4.98 Å². The molecule has 0 fully saturated rings. The number of benzene rings is 3. The summed E-state index contributed by atoms with van der Waals surface area (Å²) in [7, 11) is 0. The van der Waals surface area contributed by atoms with Crippen molar-refractivity contribution in [3.05, 3.63) is 93.8 Å². The van der Waals surface area contributed by atoms with Crippen molar-refractivity contribution in [3.8, 4) is 5.69 Å². The number of aryl methyl sites for hydroxylation is 2. The summed E-state index contributed by atoms with van der Waals surface area (Å²) in [6, 6.07) is 19.9. The summed E-state index contributed by atoms with van der Waals surface area (Å²) in [5.41, 5.74) is 4.38. The lowest BCUT2D eigenvalue weighted by Crippen LogP contribution is -2.26. The third-order valence-corrected chi connectivity index (χ3v) is 6.60. The van der Waals surface area contributed by atoms with Crippen molar-refractivity contribution in [2.45, 2.75) is 38.1 Å². The molecule has 0 bridgehead atoms. The van der Waals surface area contributed by atoms with Crippen LogP contribution in [0.4, 0.5) is 5.69 Å². The van der Waals surface area contributed by atoms with E-state index in [-0.39, 0.29) is 17.2 Å². The Morgan fingerprint density at radius 2 is 1.71 bits per heavy atom. The molecule has 0 aliphatic rings. The molecule has 1 amide bonds. The fraction of sp³-hybridized carbons (Fsp3) is 0.185. The Balaban J connectivity index is 1.69. The Kier molecular flexibility index (Phi) is 6.65. The van der Waals surface area contributed by atoms with E-state index in [0.717, 1.165) is 16.8 Å². The maximum atomic E-state index is 13.5. The highest BCUT2D eigenvalue weighted by Crippen LogP contribution is 2.27. The van der Waals surface area contributed by atoms with Gasteiger partial charge in [0.2, 0.25) is 5.91 Å². The van der Waals surface area contributed by atoms with Crippen LogP contribution in [0.5, 0.6) is 0 Å². The van der Waals surface area contributed by atoms with Crippen LogP contribution < -0.4 is 10.9 Å². The molecule has 1 N–H and O–H groups in total. The van der Waals surface area contributed by atoms with E-state index >= 15 is 0 Å². The molecular formula is C27H25N3O3S. The number of thioether (sulfide) groups is 1. The van der Waals surface area contributed by atoms with Crippen LogP contribution in [0.2, 0.25) is 0 Å². The van der Waals surface area contributed by atoms with Crippen LogP contribution in [-0.2, 0) is 4.79 Å². The van der Waals surface area contributed by atoms with Crippen molar-refractivity contribution in [2.75, 3.05) is 5.32 Å². The first-order chi connectivity index (χ1) is 16.2. The number of anilines is 1. The second-order valence-corrected chi connectivity index (χ2v) is 9.53. The van der Waals surface area contributed by atoms with Crippen LogP contribution in [0.3, 0.4) is 0 Å². The average Bonchev–Trinajstić information content (AvgIpc) is 2.80. The van der Waals surface area contributed by atoms with Crippen molar-refractivity contribution in [1.82, 2.24) is 9.55 Å². The highest BCUT2D eigenvalue weighted by atomic mass is 32.2. The van der Waals surface area contributed by atoms with Gasteiger partial charge in [-0.1, -0.05) is 41.6 Å². The topological polar surface area (TPSA) is 81.1 Å². The fourth-order valence-corrected chi connectivity index (χ4v) is 4.62. The molecule has 3 aromatic carbocycles. The molecule has 0 unspecified atom stereocenters. The second-order valence-electron chi connectivity index (χ2n) is 8.22. The number of ketones is 1. The minimum absolute atomic E-state index is 0.0338. The van der Waals surface area contributed by atoms with Crippen molar-refractivity contribution in [1.29, 1.82) is 0 Å². The molecule has 0 aliphatic heterocycles. The highest BCUT2D eigenvalue weighted by molar-refractivity contribution is 8.00. The molecule has 0 saturated heterocycles. The van der Waals surface area contributed by atoms with Crippen LogP contribution in [0.1, 0.15) is 35.3 Å². The van der Waals surface area contributed by atoms with E-state index in [1.807, 2.05) is 44.2 Å². The molecule has 6 nitrogen and oxygen atoms in total. The second kappa shape index (κ2) is 9.65. The Morgan fingerprint density at radius 3 is 2.38 bits per heavy atom. The predicted octanol–water partition coefficient (Wildman–Crippen LogP) is 5.32. The first-order valence-electron chi connectivity index (χ1n) is 10.9. The maximum Gasteiger partial charge on any atom is 0.266 e. The average molecular weight is 472 g/mol. The van der Waals surface area contributed by atoms with Gasteiger partial charge in [-0.15, -0.1) is 0 Å². The normalized spacial score (nSPS) is 11.9. The van der Waals surface area contributed by atoms with Crippen LogP contribution in [0.15, 0.2) is 76.7 Å². The van der Waals surface area contributed by atoms with Gasteiger partial charge in [0.1, 0.15) is 0 Å². The third-order valence-electron chi connectivity index (χ3n) is 5.55. The number of para-hydroxylation sites is 1. The zero-order valence-electron chi connectivity index (χ0n) is 19.5. The van der Waals surface area contributed by atoms with Gasteiger partial charge < -0.3 is 5.32 Å². The number of fused-ring (bicyclic) bond motifs is 1. The van der Waals surface area contributed by atoms with Gasteiger partial charge >= 0.3 is 0 Å². The lowest BCUT2D eigenvalue weighted by atomic mass is 10.1. The number of nitrogens with one attached hydrogen (secondary N) is 1. The van der Waals surface area contributed by atoms with E-state index in [4.69, 9.17) is 4.98 Å². The summed E-state index contributed by atoms with van der Waals surface area (Å²) in [6.45, 7) is 7.23. The Hall–Kier alpha value is -3.71. The van der Waals surface area contributed by atoms with Crippen LogP contribution >= 0.6 is 11.8 Å². The summed E-state index contributed by atoms with van der Waals surface area (Å²) in [6.07, 6.45) is 0. The van der Waals surface area contributed by atoms with Gasteiger partial charge in [-0.05, 0) is 75.7 Å². The smallest absolute Gasteiger partial charge is 0.266 e. The molecule has 0 aliphatic carbocycles. The Bertz CT molecular complexity index is 1460. The third kappa shape index (κ3) is 4.79. The van der Waals surface area contributed by atoms with E-state index in [1.54, 1.807) is 47.9 Å². The summed E-state index contributed by atoms with van der Waals surface area (Å²) >= 11 is 1.23. The summed E-state index contributed by atoms with van der Waals surface area (Å²) in [5, 5.41) is 3.31. The predicted molar refractivity (Wildman–Crippen MR) is 137 cm³/mol. The Labute approximate surface area is 202 Å². The van der Waals surface area contributed by atoms with Gasteiger partial charge in [0.05, 0.1) is 21.8 Å². The molecule has 1 atom stereocenters. The first-order valence-corrected chi connectivity index (χ1v) is 11.8.